The van der Waals surface area contributed by atoms with Crippen LogP contribution in [0.3, 0.4) is 0 Å². The Morgan fingerprint density at radius 1 is 0.967 bits per heavy atom. The fourth-order valence-corrected chi connectivity index (χ4v) is 3.80. The third-order valence-corrected chi connectivity index (χ3v) is 5.27. The summed E-state index contributed by atoms with van der Waals surface area (Å²) >= 11 is 0. The van der Waals surface area contributed by atoms with Gasteiger partial charge in [-0.2, -0.15) is 0 Å². The molecular formula is C24H20O6. The smallest absolute Gasteiger partial charge is 0.312 e. The zero-order valence-electron chi connectivity index (χ0n) is 16.0. The number of fused-ring (bicyclic) bond motifs is 1. The number of aryl methyl sites for hydroxylation is 1. The first-order valence-corrected chi connectivity index (χ1v) is 9.59. The molecule has 3 N–H and O–H groups in total. The summed E-state index contributed by atoms with van der Waals surface area (Å²) in [6.07, 6.45) is 0.462. The van der Waals surface area contributed by atoms with E-state index >= 15 is 0 Å². The topological polar surface area (TPSA) is 104 Å². The molecule has 0 radical (unpaired) electrons. The van der Waals surface area contributed by atoms with Crippen molar-refractivity contribution >= 4 is 11.8 Å². The van der Waals surface area contributed by atoms with Crippen LogP contribution >= 0.6 is 0 Å². The quantitative estimate of drug-likeness (QED) is 0.337. The Kier molecular flexibility index (Phi) is 5.14. The summed E-state index contributed by atoms with van der Waals surface area (Å²) in [6.45, 7) is 0. The van der Waals surface area contributed by atoms with Gasteiger partial charge in [-0.25, -0.2) is 0 Å². The van der Waals surface area contributed by atoms with Gasteiger partial charge in [0.2, 0.25) is 0 Å². The molecule has 0 aromatic heterocycles. The largest absolute Gasteiger partial charge is 0.508 e. The molecule has 0 fully saturated rings. The number of aromatic hydroxyl groups is 3. The summed E-state index contributed by atoms with van der Waals surface area (Å²) in [5.74, 6) is -2.01. The first kappa shape index (κ1) is 19.5. The van der Waals surface area contributed by atoms with Crippen LogP contribution in [0.4, 0.5) is 0 Å². The van der Waals surface area contributed by atoms with Crippen molar-refractivity contribution in [1.29, 1.82) is 0 Å². The van der Waals surface area contributed by atoms with E-state index in [4.69, 9.17) is 4.74 Å². The SMILES string of the molecule is O=C1CC(c2ccccc2)c2c(O)cc(O)c(C(=O)CCc3ccc(O)cc3)c2O1. The molecule has 3 aromatic rings. The fraction of sp³-hybridized carbons (Fsp3) is 0.167. The van der Waals surface area contributed by atoms with Crippen LogP contribution in [-0.2, 0) is 11.2 Å². The van der Waals surface area contributed by atoms with Gasteiger partial charge in [-0.1, -0.05) is 42.5 Å². The normalized spacial score (nSPS) is 15.3. The van der Waals surface area contributed by atoms with Crippen LogP contribution in [-0.4, -0.2) is 27.1 Å². The summed E-state index contributed by atoms with van der Waals surface area (Å²) in [7, 11) is 0. The number of phenolic OH excluding ortho intramolecular Hbond substituents is 3. The number of benzene rings is 3. The fourth-order valence-electron chi connectivity index (χ4n) is 3.80. The van der Waals surface area contributed by atoms with E-state index in [9.17, 15) is 24.9 Å². The second kappa shape index (κ2) is 7.91. The van der Waals surface area contributed by atoms with Crippen molar-refractivity contribution in [2.75, 3.05) is 0 Å². The molecule has 1 heterocycles. The lowest BCUT2D eigenvalue weighted by atomic mass is 9.83. The maximum absolute atomic E-state index is 13.0. The van der Waals surface area contributed by atoms with E-state index in [1.165, 1.54) is 12.1 Å². The van der Waals surface area contributed by atoms with Crippen LogP contribution in [0.5, 0.6) is 23.0 Å². The van der Waals surface area contributed by atoms with E-state index in [1.54, 1.807) is 12.1 Å². The monoisotopic (exact) mass is 404 g/mol. The predicted octanol–water partition coefficient (Wildman–Crippen LogP) is 4.06. The van der Waals surface area contributed by atoms with Gasteiger partial charge in [-0.05, 0) is 29.7 Å². The molecule has 0 saturated heterocycles. The highest BCUT2D eigenvalue weighted by Crippen LogP contribution is 2.48. The molecule has 6 nitrogen and oxygen atoms in total. The molecule has 0 aliphatic carbocycles. The summed E-state index contributed by atoms with van der Waals surface area (Å²) in [4.78, 5) is 25.3. The molecule has 152 valence electrons. The minimum absolute atomic E-state index is 0.0243. The highest BCUT2D eigenvalue weighted by molar-refractivity contribution is 6.03. The molecule has 30 heavy (non-hydrogen) atoms. The lowest BCUT2D eigenvalue weighted by Crippen LogP contribution is -2.23. The lowest BCUT2D eigenvalue weighted by Gasteiger charge is -2.27. The second-order valence-electron chi connectivity index (χ2n) is 7.26. The van der Waals surface area contributed by atoms with Gasteiger partial charge in [-0.15, -0.1) is 0 Å². The first-order valence-electron chi connectivity index (χ1n) is 9.59. The van der Waals surface area contributed by atoms with Crippen molar-refractivity contribution in [2.45, 2.75) is 25.2 Å². The van der Waals surface area contributed by atoms with Gasteiger partial charge in [0.15, 0.2) is 11.5 Å². The van der Waals surface area contributed by atoms with E-state index in [0.29, 0.717) is 12.0 Å². The highest BCUT2D eigenvalue weighted by atomic mass is 16.5. The minimum Gasteiger partial charge on any atom is -0.508 e. The van der Waals surface area contributed by atoms with E-state index in [1.807, 2.05) is 30.3 Å². The van der Waals surface area contributed by atoms with Crippen molar-refractivity contribution in [2.24, 2.45) is 0 Å². The third-order valence-electron chi connectivity index (χ3n) is 5.27. The maximum Gasteiger partial charge on any atom is 0.312 e. The molecule has 4 rings (SSSR count). The number of hydrogen-bond acceptors (Lipinski definition) is 6. The van der Waals surface area contributed by atoms with E-state index in [-0.39, 0.29) is 35.7 Å². The molecule has 6 heteroatoms. The molecule has 1 atom stereocenters. The Balaban J connectivity index is 1.71. The van der Waals surface area contributed by atoms with Gasteiger partial charge in [0.1, 0.15) is 22.8 Å². The Morgan fingerprint density at radius 2 is 1.67 bits per heavy atom. The maximum atomic E-state index is 13.0. The average Bonchev–Trinajstić information content (AvgIpc) is 2.73. The van der Waals surface area contributed by atoms with Crippen LogP contribution in [0.1, 0.15) is 45.8 Å². The van der Waals surface area contributed by atoms with Crippen molar-refractivity contribution in [3.8, 4) is 23.0 Å². The van der Waals surface area contributed by atoms with Crippen molar-refractivity contribution in [3.05, 3.63) is 82.9 Å². The van der Waals surface area contributed by atoms with Crippen LogP contribution in [0.25, 0.3) is 0 Å². The zero-order valence-corrected chi connectivity index (χ0v) is 16.0. The predicted molar refractivity (Wildman–Crippen MR) is 109 cm³/mol. The van der Waals surface area contributed by atoms with Crippen LogP contribution in [0.15, 0.2) is 60.7 Å². The number of rotatable bonds is 5. The standard InChI is InChI=1S/C24H20O6/c25-16-9-6-14(7-10-16)8-11-18(26)23-20(28)13-19(27)22-17(12-21(29)30-24(22)23)15-4-2-1-3-5-15/h1-7,9-10,13,17,25,27-28H,8,11-12H2. The van der Waals surface area contributed by atoms with Crippen LogP contribution in [0.2, 0.25) is 0 Å². The van der Waals surface area contributed by atoms with Gasteiger partial charge in [0.05, 0.1) is 6.42 Å². The second-order valence-corrected chi connectivity index (χ2v) is 7.26. The zero-order chi connectivity index (χ0) is 21.3. The number of Topliss-reactive ketones (excluding diaryl/α,β-unsaturated/α-hetero) is 1. The highest BCUT2D eigenvalue weighted by Gasteiger charge is 2.36. The summed E-state index contributed by atoms with van der Waals surface area (Å²) < 4.78 is 5.35. The Hall–Kier alpha value is -3.80. The molecule has 1 unspecified atom stereocenters. The van der Waals surface area contributed by atoms with Crippen LogP contribution < -0.4 is 4.74 Å². The van der Waals surface area contributed by atoms with Gasteiger partial charge < -0.3 is 20.1 Å². The molecular weight excluding hydrogens is 384 g/mol. The van der Waals surface area contributed by atoms with E-state index in [0.717, 1.165) is 17.2 Å². The molecule has 0 bridgehead atoms. The third kappa shape index (κ3) is 3.72. The minimum atomic E-state index is -0.533. The number of phenols is 3. The number of ether oxygens (including phenoxy) is 1. The van der Waals surface area contributed by atoms with Gasteiger partial charge in [0.25, 0.3) is 0 Å². The lowest BCUT2D eigenvalue weighted by molar-refractivity contribution is -0.135. The molecule has 0 spiro atoms. The van der Waals surface area contributed by atoms with E-state index < -0.39 is 23.4 Å². The summed E-state index contributed by atoms with van der Waals surface area (Å²) in [6, 6.07) is 16.8. The number of ketones is 1. The number of carbonyl (C=O) groups excluding carboxylic acids is 2. The Morgan fingerprint density at radius 3 is 2.37 bits per heavy atom. The van der Waals surface area contributed by atoms with Gasteiger partial charge in [0, 0.05) is 24.0 Å². The Bertz CT molecular complexity index is 1100. The summed E-state index contributed by atoms with van der Waals surface area (Å²) in [5, 5.41) is 30.3. The van der Waals surface area contributed by atoms with Crippen molar-refractivity contribution in [3.63, 3.8) is 0 Å². The van der Waals surface area contributed by atoms with Gasteiger partial charge in [-0.3, -0.25) is 9.59 Å². The number of hydrogen-bond donors (Lipinski definition) is 3. The van der Waals surface area contributed by atoms with Gasteiger partial charge >= 0.3 is 5.97 Å². The molecule has 1 aliphatic rings. The first-order chi connectivity index (χ1) is 14.4. The van der Waals surface area contributed by atoms with Crippen molar-refractivity contribution < 1.29 is 29.6 Å². The van der Waals surface area contributed by atoms with Crippen molar-refractivity contribution in [1.82, 2.24) is 0 Å². The number of esters is 1. The summed E-state index contributed by atoms with van der Waals surface area (Å²) in [5.41, 5.74) is 1.87. The molecule has 0 amide bonds. The molecule has 3 aromatic carbocycles. The van der Waals surface area contributed by atoms with Crippen LogP contribution in [0, 0.1) is 0 Å². The average molecular weight is 404 g/mol. The number of carbonyl (C=O) groups is 2. The Labute approximate surface area is 173 Å². The molecule has 1 aliphatic heterocycles. The van der Waals surface area contributed by atoms with E-state index in [2.05, 4.69) is 0 Å². The molecule has 0 saturated carbocycles.